The third-order valence-corrected chi connectivity index (χ3v) is 8.18. The quantitative estimate of drug-likeness (QED) is 0.739. The Balaban J connectivity index is 1.71. The minimum atomic E-state index is -3.57. The fourth-order valence-electron chi connectivity index (χ4n) is 2.75. The van der Waals surface area contributed by atoms with Crippen LogP contribution in [0.3, 0.4) is 0 Å². The summed E-state index contributed by atoms with van der Waals surface area (Å²) in [5.74, 6) is -0.569. The van der Waals surface area contributed by atoms with Crippen molar-refractivity contribution in [1.82, 2.24) is 4.31 Å². The summed E-state index contributed by atoms with van der Waals surface area (Å²) in [7, 11) is -3.57. The van der Waals surface area contributed by atoms with Crippen LogP contribution in [0.1, 0.15) is 12.8 Å². The van der Waals surface area contributed by atoms with Gasteiger partial charge in [-0.15, -0.1) is 11.3 Å². The van der Waals surface area contributed by atoms with E-state index in [2.05, 4.69) is 21.2 Å². The number of sulfonamides is 1. The van der Waals surface area contributed by atoms with Crippen LogP contribution in [0.2, 0.25) is 5.02 Å². The predicted molar refractivity (Wildman–Crippen MR) is 104 cm³/mol. The summed E-state index contributed by atoms with van der Waals surface area (Å²) in [6, 6.07) is 10.2. The molecule has 1 atom stereocenters. The number of carbonyl (C=O) groups excluding carboxylic acids is 1. The van der Waals surface area contributed by atoms with Gasteiger partial charge in [0.1, 0.15) is 4.21 Å². The molecule has 1 aromatic heterocycles. The molecule has 5 nitrogen and oxygen atoms in total. The van der Waals surface area contributed by atoms with Gasteiger partial charge in [0.15, 0.2) is 0 Å². The van der Waals surface area contributed by atoms with Crippen molar-refractivity contribution in [2.45, 2.75) is 17.1 Å². The molecule has 25 heavy (non-hydrogen) atoms. The number of amides is 1. The average Bonchev–Trinajstić information content (AvgIpc) is 3.02. The maximum atomic E-state index is 12.7. The molecule has 1 aromatic carbocycles. The normalized spacial score (nSPS) is 18.9. The first kappa shape index (κ1) is 18.8. The number of benzene rings is 1. The highest BCUT2D eigenvalue weighted by molar-refractivity contribution is 9.11. The molecule has 1 amide bonds. The van der Waals surface area contributed by atoms with Gasteiger partial charge in [0.2, 0.25) is 5.91 Å². The Morgan fingerprint density at radius 1 is 1.32 bits per heavy atom. The zero-order chi connectivity index (χ0) is 18.0. The number of hydrogen-bond donors (Lipinski definition) is 1. The van der Waals surface area contributed by atoms with Crippen molar-refractivity contribution in [1.29, 1.82) is 0 Å². The van der Waals surface area contributed by atoms with Crippen LogP contribution in [-0.2, 0) is 14.8 Å². The second-order valence-electron chi connectivity index (χ2n) is 5.76. The first-order chi connectivity index (χ1) is 11.9. The van der Waals surface area contributed by atoms with Gasteiger partial charge in [0.25, 0.3) is 10.0 Å². The van der Waals surface area contributed by atoms with Gasteiger partial charge >= 0.3 is 0 Å². The summed E-state index contributed by atoms with van der Waals surface area (Å²) >= 11 is 10.4. The molecule has 3 rings (SSSR count). The Kier molecular flexibility index (Phi) is 5.85. The summed E-state index contributed by atoms with van der Waals surface area (Å²) in [4.78, 5) is 12.5. The monoisotopic (exact) mass is 462 g/mol. The molecule has 1 saturated heterocycles. The van der Waals surface area contributed by atoms with E-state index < -0.39 is 10.0 Å². The first-order valence-electron chi connectivity index (χ1n) is 7.68. The topological polar surface area (TPSA) is 66.5 Å². The molecular formula is C16H16BrClN2O3S2. The van der Waals surface area contributed by atoms with E-state index in [9.17, 15) is 13.2 Å². The Morgan fingerprint density at radius 3 is 2.80 bits per heavy atom. The molecule has 2 heterocycles. The maximum absolute atomic E-state index is 12.7. The lowest BCUT2D eigenvalue weighted by Gasteiger charge is -2.30. The number of halogens is 2. The van der Waals surface area contributed by atoms with Gasteiger partial charge in [-0.05, 0) is 59.1 Å². The van der Waals surface area contributed by atoms with Gasteiger partial charge in [-0.2, -0.15) is 4.31 Å². The number of anilines is 1. The third kappa shape index (κ3) is 4.43. The fourth-order valence-corrected chi connectivity index (χ4v) is 6.63. The van der Waals surface area contributed by atoms with E-state index in [4.69, 9.17) is 11.6 Å². The van der Waals surface area contributed by atoms with Crippen LogP contribution < -0.4 is 5.32 Å². The fraction of sp³-hybridized carbons (Fsp3) is 0.312. The summed E-state index contributed by atoms with van der Waals surface area (Å²) in [5.41, 5.74) is 0.611. The standard InChI is InChI=1S/C16H16BrClN2O3S2/c17-14-6-7-15(24-14)25(22,23)20-8-2-3-11(10-20)16(21)19-13-5-1-4-12(18)9-13/h1,4-7,9,11H,2-3,8,10H2,(H,19,21). The Hall–Kier alpha value is -0.930. The zero-order valence-corrected chi connectivity index (χ0v) is 17.1. The van der Waals surface area contributed by atoms with Crippen LogP contribution in [0, 0.1) is 5.92 Å². The van der Waals surface area contributed by atoms with Crippen molar-refractivity contribution in [3.05, 3.63) is 45.2 Å². The molecule has 9 heteroatoms. The van der Waals surface area contributed by atoms with Crippen molar-refractivity contribution in [3.63, 3.8) is 0 Å². The molecule has 0 aliphatic carbocycles. The highest BCUT2D eigenvalue weighted by atomic mass is 79.9. The summed E-state index contributed by atoms with van der Waals surface area (Å²) in [6.45, 7) is 0.614. The molecule has 1 fully saturated rings. The van der Waals surface area contributed by atoms with E-state index in [0.717, 1.165) is 3.79 Å². The number of thiophene rings is 1. The second kappa shape index (κ2) is 7.75. The number of hydrogen-bond acceptors (Lipinski definition) is 4. The van der Waals surface area contributed by atoms with Crippen molar-refractivity contribution in [2.75, 3.05) is 18.4 Å². The Labute approximate surface area is 164 Å². The van der Waals surface area contributed by atoms with E-state index in [1.807, 2.05) is 0 Å². The van der Waals surface area contributed by atoms with E-state index in [1.165, 1.54) is 15.6 Å². The van der Waals surface area contributed by atoms with Gasteiger partial charge in [-0.1, -0.05) is 17.7 Å². The lowest BCUT2D eigenvalue weighted by atomic mass is 9.99. The highest BCUT2D eigenvalue weighted by Crippen LogP contribution is 2.31. The van der Waals surface area contributed by atoms with Crippen molar-refractivity contribution < 1.29 is 13.2 Å². The zero-order valence-electron chi connectivity index (χ0n) is 13.1. The van der Waals surface area contributed by atoms with Crippen molar-refractivity contribution in [3.8, 4) is 0 Å². The van der Waals surface area contributed by atoms with Crippen LogP contribution in [0.25, 0.3) is 0 Å². The van der Waals surface area contributed by atoms with Crippen LogP contribution in [0.5, 0.6) is 0 Å². The van der Waals surface area contributed by atoms with E-state index in [-0.39, 0.29) is 22.6 Å². The maximum Gasteiger partial charge on any atom is 0.252 e. The minimum Gasteiger partial charge on any atom is -0.326 e. The second-order valence-corrected chi connectivity index (χ2v) is 10.8. The molecule has 1 N–H and O–H groups in total. The molecule has 0 radical (unpaired) electrons. The first-order valence-corrected chi connectivity index (χ1v) is 11.1. The van der Waals surface area contributed by atoms with E-state index >= 15 is 0 Å². The van der Waals surface area contributed by atoms with Gasteiger partial charge in [-0.3, -0.25) is 4.79 Å². The van der Waals surface area contributed by atoms with Crippen molar-refractivity contribution in [2.24, 2.45) is 5.92 Å². The molecule has 0 bridgehead atoms. The Bertz CT molecular complexity index is 885. The molecule has 0 saturated carbocycles. The molecule has 1 aliphatic heterocycles. The molecule has 134 valence electrons. The average molecular weight is 464 g/mol. The number of nitrogens with one attached hydrogen (secondary N) is 1. The lowest BCUT2D eigenvalue weighted by molar-refractivity contribution is -0.120. The third-order valence-electron chi connectivity index (χ3n) is 3.99. The molecule has 2 aromatic rings. The summed E-state index contributed by atoms with van der Waals surface area (Å²) < 4.78 is 27.9. The van der Waals surface area contributed by atoms with Crippen LogP contribution >= 0.6 is 38.9 Å². The van der Waals surface area contributed by atoms with Crippen LogP contribution in [0.4, 0.5) is 5.69 Å². The minimum absolute atomic E-state index is 0.185. The van der Waals surface area contributed by atoms with Gasteiger partial charge < -0.3 is 5.32 Å². The van der Waals surface area contributed by atoms with Crippen molar-refractivity contribution >= 4 is 60.5 Å². The molecule has 1 aliphatic rings. The number of nitrogens with zero attached hydrogens (tertiary/aromatic N) is 1. The predicted octanol–water partition coefficient (Wildman–Crippen LogP) is 4.20. The number of piperidine rings is 1. The lowest BCUT2D eigenvalue weighted by Crippen LogP contribution is -2.43. The molecule has 0 spiro atoms. The van der Waals surface area contributed by atoms with Crippen LogP contribution in [0.15, 0.2) is 44.4 Å². The van der Waals surface area contributed by atoms with Gasteiger partial charge in [-0.25, -0.2) is 8.42 Å². The highest BCUT2D eigenvalue weighted by Gasteiger charge is 2.34. The van der Waals surface area contributed by atoms with Crippen LogP contribution in [-0.4, -0.2) is 31.7 Å². The van der Waals surface area contributed by atoms with E-state index in [1.54, 1.807) is 36.4 Å². The number of rotatable bonds is 4. The van der Waals surface area contributed by atoms with Gasteiger partial charge in [0.05, 0.1) is 9.70 Å². The van der Waals surface area contributed by atoms with E-state index in [0.29, 0.717) is 30.1 Å². The number of carbonyl (C=O) groups is 1. The molecule has 1 unspecified atom stereocenters. The SMILES string of the molecule is O=C(Nc1cccc(Cl)c1)C1CCCN(S(=O)(=O)c2ccc(Br)s2)C1. The smallest absolute Gasteiger partial charge is 0.252 e. The van der Waals surface area contributed by atoms with Gasteiger partial charge in [0, 0.05) is 23.8 Å². The largest absolute Gasteiger partial charge is 0.326 e. The summed E-state index contributed by atoms with van der Waals surface area (Å²) in [6.07, 6.45) is 1.31. The summed E-state index contributed by atoms with van der Waals surface area (Å²) in [5, 5.41) is 3.35. The molecular weight excluding hydrogens is 448 g/mol. The Morgan fingerprint density at radius 2 is 2.12 bits per heavy atom.